The van der Waals surface area contributed by atoms with E-state index in [1.165, 1.54) is 0 Å². The largest absolute Gasteiger partial charge is 0.472 e. The van der Waals surface area contributed by atoms with Crippen LogP contribution in [0.15, 0.2) is 59.4 Å². The Hall–Kier alpha value is -2.29. The van der Waals surface area contributed by atoms with Gasteiger partial charge in [0.15, 0.2) is 0 Å². The molecule has 0 fully saturated rings. The van der Waals surface area contributed by atoms with E-state index in [9.17, 15) is 4.79 Å². The van der Waals surface area contributed by atoms with E-state index in [-0.39, 0.29) is 11.9 Å². The monoisotopic (exact) mass is 255 g/mol. The molecule has 1 amide bonds. The van der Waals surface area contributed by atoms with Crippen molar-refractivity contribution in [2.24, 2.45) is 0 Å². The second-order valence-corrected chi connectivity index (χ2v) is 4.49. The lowest BCUT2D eigenvalue weighted by molar-refractivity contribution is -0.117. The van der Waals surface area contributed by atoms with Crippen LogP contribution >= 0.6 is 0 Å². The lowest BCUT2D eigenvalue weighted by Crippen LogP contribution is -2.32. The second kappa shape index (κ2) is 6.59. The fraction of sp³-hybridized carbons (Fsp3) is 0.188. The molecule has 0 spiro atoms. The Bertz CT molecular complexity index is 529. The van der Waals surface area contributed by atoms with Crippen molar-refractivity contribution in [3.8, 4) is 0 Å². The molecule has 1 aromatic heterocycles. The summed E-state index contributed by atoms with van der Waals surface area (Å²) < 4.78 is 5.00. The Morgan fingerprint density at radius 2 is 2.11 bits per heavy atom. The molecule has 1 atom stereocenters. The first-order valence-electron chi connectivity index (χ1n) is 6.29. The first-order chi connectivity index (χ1) is 9.24. The quantitative estimate of drug-likeness (QED) is 0.834. The fourth-order valence-electron chi connectivity index (χ4n) is 1.84. The number of nitrogens with one attached hydrogen (secondary N) is 1. The third kappa shape index (κ3) is 4.47. The Morgan fingerprint density at radius 3 is 2.79 bits per heavy atom. The van der Waals surface area contributed by atoms with Crippen LogP contribution in [-0.2, 0) is 11.2 Å². The zero-order valence-electron chi connectivity index (χ0n) is 10.9. The molecule has 1 aromatic carbocycles. The second-order valence-electron chi connectivity index (χ2n) is 4.49. The maximum absolute atomic E-state index is 11.7. The van der Waals surface area contributed by atoms with Crippen LogP contribution in [0.3, 0.4) is 0 Å². The fourth-order valence-corrected chi connectivity index (χ4v) is 1.84. The molecule has 0 aliphatic rings. The molecular formula is C16H17NO2. The van der Waals surface area contributed by atoms with Crippen LogP contribution in [0.25, 0.3) is 6.08 Å². The molecule has 2 aromatic rings. The van der Waals surface area contributed by atoms with Gasteiger partial charge >= 0.3 is 0 Å². The lowest BCUT2D eigenvalue weighted by atomic mass is 10.1. The minimum Gasteiger partial charge on any atom is -0.472 e. The minimum absolute atomic E-state index is 0.0746. The molecule has 0 radical (unpaired) electrons. The molecule has 98 valence electrons. The van der Waals surface area contributed by atoms with Gasteiger partial charge in [0, 0.05) is 12.1 Å². The molecular weight excluding hydrogens is 238 g/mol. The van der Waals surface area contributed by atoms with E-state index in [1.54, 1.807) is 24.7 Å². The molecule has 3 heteroatoms. The van der Waals surface area contributed by atoms with E-state index >= 15 is 0 Å². The Labute approximate surface area is 112 Å². The predicted octanol–water partition coefficient (Wildman–Crippen LogP) is 3.04. The van der Waals surface area contributed by atoms with Crippen molar-refractivity contribution in [3.63, 3.8) is 0 Å². The topological polar surface area (TPSA) is 42.2 Å². The molecule has 0 saturated heterocycles. The molecule has 1 unspecified atom stereocenters. The molecule has 0 bridgehead atoms. The summed E-state index contributed by atoms with van der Waals surface area (Å²) in [6, 6.07) is 11.7. The highest BCUT2D eigenvalue weighted by Crippen LogP contribution is 2.04. The van der Waals surface area contributed by atoms with E-state index in [0.717, 1.165) is 17.5 Å². The van der Waals surface area contributed by atoms with E-state index in [2.05, 4.69) is 5.32 Å². The van der Waals surface area contributed by atoms with Crippen molar-refractivity contribution >= 4 is 12.0 Å². The average molecular weight is 255 g/mol. The molecule has 3 nitrogen and oxygen atoms in total. The van der Waals surface area contributed by atoms with E-state index in [0.29, 0.717) is 0 Å². The lowest BCUT2D eigenvalue weighted by Gasteiger charge is -2.10. The Morgan fingerprint density at radius 1 is 1.32 bits per heavy atom. The van der Waals surface area contributed by atoms with Crippen molar-refractivity contribution in [1.29, 1.82) is 0 Å². The first-order valence-corrected chi connectivity index (χ1v) is 6.29. The molecule has 0 saturated carbocycles. The molecule has 0 aliphatic heterocycles. The van der Waals surface area contributed by atoms with Crippen molar-refractivity contribution in [3.05, 3.63) is 66.1 Å². The summed E-state index contributed by atoms with van der Waals surface area (Å²) >= 11 is 0. The van der Waals surface area contributed by atoms with Crippen LogP contribution in [0.5, 0.6) is 0 Å². The van der Waals surface area contributed by atoms with Gasteiger partial charge in [-0.3, -0.25) is 4.79 Å². The summed E-state index contributed by atoms with van der Waals surface area (Å²) in [5.74, 6) is -0.0835. The van der Waals surface area contributed by atoms with Crippen LogP contribution < -0.4 is 5.32 Å². The molecule has 0 aliphatic carbocycles. The van der Waals surface area contributed by atoms with Gasteiger partial charge in [0.05, 0.1) is 12.5 Å². The maximum atomic E-state index is 11.7. The SMILES string of the molecule is CC(Cc1ccoc1)NC(=O)/C=C/c1ccccc1. The standard InChI is InChI=1S/C16H17NO2/c1-13(11-15-9-10-19-12-15)17-16(18)8-7-14-5-3-2-4-6-14/h2-10,12-13H,11H2,1H3,(H,17,18)/b8-7+. The van der Waals surface area contributed by atoms with E-state index in [1.807, 2.05) is 43.3 Å². The van der Waals surface area contributed by atoms with Crippen LogP contribution in [0, 0.1) is 0 Å². The van der Waals surface area contributed by atoms with Crippen molar-refractivity contribution in [1.82, 2.24) is 5.32 Å². The number of hydrogen-bond acceptors (Lipinski definition) is 2. The van der Waals surface area contributed by atoms with Gasteiger partial charge in [0.1, 0.15) is 0 Å². The van der Waals surface area contributed by atoms with E-state index < -0.39 is 0 Å². The maximum Gasteiger partial charge on any atom is 0.244 e. The molecule has 2 rings (SSSR count). The summed E-state index contributed by atoms with van der Waals surface area (Å²) in [6.45, 7) is 1.97. The summed E-state index contributed by atoms with van der Waals surface area (Å²) in [5.41, 5.74) is 2.10. The van der Waals surface area contributed by atoms with Gasteiger partial charge < -0.3 is 9.73 Å². The van der Waals surface area contributed by atoms with Crippen molar-refractivity contribution in [2.45, 2.75) is 19.4 Å². The molecule has 1 heterocycles. The third-order valence-electron chi connectivity index (χ3n) is 2.74. The highest BCUT2D eigenvalue weighted by atomic mass is 16.3. The third-order valence-corrected chi connectivity index (χ3v) is 2.74. The number of benzene rings is 1. The normalized spacial score (nSPS) is 12.5. The summed E-state index contributed by atoms with van der Waals surface area (Å²) in [7, 11) is 0. The number of furan rings is 1. The zero-order chi connectivity index (χ0) is 13.5. The number of hydrogen-bond donors (Lipinski definition) is 1. The summed E-state index contributed by atoms with van der Waals surface area (Å²) in [5, 5.41) is 2.92. The smallest absolute Gasteiger partial charge is 0.244 e. The van der Waals surface area contributed by atoms with Gasteiger partial charge in [-0.05, 0) is 36.6 Å². The highest BCUT2D eigenvalue weighted by Gasteiger charge is 2.06. The van der Waals surface area contributed by atoms with E-state index in [4.69, 9.17) is 4.42 Å². The minimum atomic E-state index is -0.0835. The number of rotatable bonds is 5. The van der Waals surface area contributed by atoms with Gasteiger partial charge in [-0.2, -0.15) is 0 Å². The Kier molecular flexibility index (Phi) is 4.56. The van der Waals surface area contributed by atoms with Gasteiger partial charge in [-0.1, -0.05) is 30.3 Å². The molecule has 1 N–H and O–H groups in total. The summed E-state index contributed by atoms with van der Waals surface area (Å²) in [6.07, 6.45) is 7.46. The number of amides is 1. The Balaban J connectivity index is 1.82. The van der Waals surface area contributed by atoms with Gasteiger partial charge in [-0.15, -0.1) is 0 Å². The van der Waals surface area contributed by atoms with Gasteiger partial charge in [0.2, 0.25) is 5.91 Å². The molecule has 19 heavy (non-hydrogen) atoms. The van der Waals surface area contributed by atoms with Gasteiger partial charge in [0.25, 0.3) is 0 Å². The van der Waals surface area contributed by atoms with Gasteiger partial charge in [-0.25, -0.2) is 0 Å². The van der Waals surface area contributed by atoms with Crippen molar-refractivity contribution in [2.75, 3.05) is 0 Å². The first kappa shape index (κ1) is 13.1. The number of carbonyl (C=O) groups excluding carboxylic acids is 1. The average Bonchev–Trinajstić information content (AvgIpc) is 2.90. The van der Waals surface area contributed by atoms with Crippen LogP contribution in [0.4, 0.5) is 0 Å². The van der Waals surface area contributed by atoms with Crippen LogP contribution in [0.2, 0.25) is 0 Å². The zero-order valence-corrected chi connectivity index (χ0v) is 10.9. The predicted molar refractivity (Wildman–Crippen MR) is 75.5 cm³/mol. The van der Waals surface area contributed by atoms with Crippen LogP contribution in [-0.4, -0.2) is 11.9 Å². The highest BCUT2D eigenvalue weighted by molar-refractivity contribution is 5.91. The summed E-state index contributed by atoms with van der Waals surface area (Å²) in [4.78, 5) is 11.7. The number of carbonyl (C=O) groups is 1. The van der Waals surface area contributed by atoms with Crippen molar-refractivity contribution < 1.29 is 9.21 Å². The van der Waals surface area contributed by atoms with Crippen LogP contribution in [0.1, 0.15) is 18.1 Å².